The van der Waals surface area contributed by atoms with Gasteiger partial charge in [-0.15, -0.1) is 0 Å². The summed E-state index contributed by atoms with van der Waals surface area (Å²) in [6.45, 7) is 3.68. The van der Waals surface area contributed by atoms with Crippen molar-refractivity contribution in [3.63, 3.8) is 0 Å². The van der Waals surface area contributed by atoms with E-state index in [4.69, 9.17) is 0 Å². The molecule has 20 heavy (non-hydrogen) atoms. The van der Waals surface area contributed by atoms with Gasteiger partial charge in [0.25, 0.3) is 0 Å². The Bertz CT molecular complexity index is 522. The number of hydrogen-bond acceptors (Lipinski definition) is 2. The average Bonchev–Trinajstić information content (AvgIpc) is 2.39. The van der Waals surface area contributed by atoms with Crippen molar-refractivity contribution in [2.75, 3.05) is 11.4 Å². The molecule has 1 aromatic rings. The Morgan fingerprint density at radius 2 is 1.90 bits per heavy atom. The fourth-order valence-electron chi connectivity index (χ4n) is 2.51. The predicted octanol–water partition coefficient (Wildman–Crippen LogP) is 2.93. The molecule has 1 atom stereocenters. The quantitative estimate of drug-likeness (QED) is 0.799. The Balaban J connectivity index is 2.34. The summed E-state index contributed by atoms with van der Waals surface area (Å²) in [6, 6.07) is 3.47. The Morgan fingerprint density at radius 1 is 1.30 bits per heavy atom. The Hall–Kier alpha value is -1.78. The van der Waals surface area contributed by atoms with Crippen LogP contribution in [0, 0.1) is 23.5 Å². The van der Waals surface area contributed by atoms with Crippen LogP contribution in [0.15, 0.2) is 18.2 Å². The monoisotopic (exact) mass is 281 g/mol. The molecule has 2 rings (SSSR count). The van der Waals surface area contributed by atoms with E-state index in [0.29, 0.717) is 12.8 Å². The van der Waals surface area contributed by atoms with E-state index in [2.05, 4.69) is 0 Å². The lowest BCUT2D eigenvalue weighted by Gasteiger charge is -2.32. The van der Waals surface area contributed by atoms with E-state index in [0.717, 1.165) is 17.0 Å². The minimum Gasteiger partial charge on any atom is -0.307 e. The molecule has 0 bridgehead atoms. The lowest BCUT2D eigenvalue weighted by Crippen LogP contribution is -2.46. The number of nitrogens with zero attached hydrogens (tertiary/aromatic N) is 1. The highest BCUT2D eigenvalue weighted by molar-refractivity contribution is 6.09. The second-order valence-electron chi connectivity index (χ2n) is 5.31. The van der Waals surface area contributed by atoms with E-state index in [-0.39, 0.29) is 23.9 Å². The molecule has 0 spiro atoms. The first-order valence-corrected chi connectivity index (χ1v) is 6.72. The van der Waals surface area contributed by atoms with Gasteiger partial charge in [0.2, 0.25) is 5.91 Å². The minimum atomic E-state index is -0.789. The summed E-state index contributed by atoms with van der Waals surface area (Å²) in [5.41, 5.74) is -0.348. The molecule has 0 N–H and O–H groups in total. The molecule has 5 heteroatoms. The van der Waals surface area contributed by atoms with Crippen molar-refractivity contribution >= 4 is 17.4 Å². The second-order valence-corrected chi connectivity index (χ2v) is 5.31. The molecule has 1 aliphatic heterocycles. The lowest BCUT2D eigenvalue weighted by atomic mass is 9.87. The number of carbonyl (C=O) groups is 2. The van der Waals surface area contributed by atoms with Crippen molar-refractivity contribution in [3.05, 3.63) is 29.8 Å². The maximum atomic E-state index is 13.8. The second kappa shape index (κ2) is 5.69. The number of carbonyl (C=O) groups excluding carboxylic acids is 2. The Morgan fingerprint density at radius 3 is 2.45 bits per heavy atom. The topological polar surface area (TPSA) is 37.4 Å². The van der Waals surface area contributed by atoms with Gasteiger partial charge in [-0.3, -0.25) is 9.59 Å². The zero-order valence-electron chi connectivity index (χ0n) is 11.5. The molecule has 1 heterocycles. The van der Waals surface area contributed by atoms with Crippen molar-refractivity contribution in [3.8, 4) is 0 Å². The van der Waals surface area contributed by atoms with Gasteiger partial charge in [0.05, 0.1) is 5.92 Å². The molecule has 0 aromatic heterocycles. The third kappa shape index (κ3) is 2.57. The Labute approximate surface area is 116 Å². The predicted molar refractivity (Wildman–Crippen MR) is 71.3 cm³/mol. The largest absolute Gasteiger partial charge is 0.307 e. The van der Waals surface area contributed by atoms with E-state index >= 15 is 0 Å². The summed E-state index contributed by atoms with van der Waals surface area (Å²) in [7, 11) is 0. The van der Waals surface area contributed by atoms with E-state index in [1.807, 2.05) is 0 Å². The number of piperidine rings is 1. The summed E-state index contributed by atoms with van der Waals surface area (Å²) in [6.07, 6.45) is 1.01. The highest BCUT2D eigenvalue weighted by Crippen LogP contribution is 2.30. The normalized spacial score (nSPS) is 19.6. The standard InChI is InChI=1S/C15H17F2NO2/c1-9(2)14(19)10-5-4-8-18(15(10)20)13-11(16)6-3-7-12(13)17/h3,6-7,9-10H,4-5,8H2,1-2H3/t10-/m1/s1. The molecule has 1 fully saturated rings. The number of Topliss-reactive ketones (excluding diaryl/α,β-unsaturated/α-hetero) is 1. The zero-order chi connectivity index (χ0) is 14.9. The average molecular weight is 281 g/mol. The first-order chi connectivity index (χ1) is 9.43. The van der Waals surface area contributed by atoms with Gasteiger partial charge in [0, 0.05) is 12.5 Å². The maximum absolute atomic E-state index is 13.8. The molecular weight excluding hydrogens is 264 g/mol. The van der Waals surface area contributed by atoms with Crippen molar-refractivity contribution in [2.24, 2.45) is 11.8 Å². The van der Waals surface area contributed by atoms with Crippen LogP contribution < -0.4 is 4.90 Å². The molecule has 1 amide bonds. The fourth-order valence-corrected chi connectivity index (χ4v) is 2.51. The zero-order valence-corrected chi connectivity index (χ0v) is 11.5. The summed E-state index contributed by atoms with van der Waals surface area (Å²) < 4.78 is 27.6. The van der Waals surface area contributed by atoms with Crippen LogP contribution in [0.2, 0.25) is 0 Å². The number of para-hydroxylation sites is 1. The smallest absolute Gasteiger partial charge is 0.237 e. The maximum Gasteiger partial charge on any atom is 0.237 e. The third-order valence-corrected chi connectivity index (χ3v) is 3.56. The van der Waals surface area contributed by atoms with Crippen LogP contribution in [0.5, 0.6) is 0 Å². The summed E-state index contributed by atoms with van der Waals surface area (Å²) in [4.78, 5) is 25.4. The highest BCUT2D eigenvalue weighted by Gasteiger charge is 2.37. The van der Waals surface area contributed by atoms with Crippen LogP contribution in [0.25, 0.3) is 0 Å². The van der Waals surface area contributed by atoms with Crippen LogP contribution in [-0.4, -0.2) is 18.2 Å². The van der Waals surface area contributed by atoms with Gasteiger partial charge < -0.3 is 4.90 Å². The van der Waals surface area contributed by atoms with Gasteiger partial charge in [0.1, 0.15) is 23.1 Å². The van der Waals surface area contributed by atoms with E-state index in [9.17, 15) is 18.4 Å². The molecule has 108 valence electrons. The van der Waals surface area contributed by atoms with E-state index in [1.165, 1.54) is 6.07 Å². The summed E-state index contributed by atoms with van der Waals surface area (Å²) in [5.74, 6) is -3.29. The van der Waals surface area contributed by atoms with Crippen molar-refractivity contribution in [1.29, 1.82) is 0 Å². The molecule has 0 aliphatic carbocycles. The van der Waals surface area contributed by atoms with E-state index in [1.54, 1.807) is 13.8 Å². The number of anilines is 1. The van der Waals surface area contributed by atoms with Gasteiger partial charge in [-0.05, 0) is 25.0 Å². The minimum absolute atomic E-state index is 0.170. The van der Waals surface area contributed by atoms with Crippen LogP contribution >= 0.6 is 0 Å². The molecular formula is C15H17F2NO2. The number of rotatable bonds is 3. The number of benzene rings is 1. The fraction of sp³-hybridized carbons (Fsp3) is 0.467. The third-order valence-electron chi connectivity index (χ3n) is 3.56. The Kier molecular flexibility index (Phi) is 4.16. The van der Waals surface area contributed by atoms with Gasteiger partial charge in [-0.25, -0.2) is 8.78 Å². The molecule has 1 aromatic carbocycles. The van der Waals surface area contributed by atoms with Gasteiger partial charge in [-0.2, -0.15) is 0 Å². The summed E-state index contributed by atoms with van der Waals surface area (Å²) in [5, 5.41) is 0. The molecule has 0 radical (unpaired) electrons. The van der Waals surface area contributed by atoms with Crippen molar-refractivity contribution < 1.29 is 18.4 Å². The van der Waals surface area contributed by atoms with Gasteiger partial charge >= 0.3 is 0 Å². The number of ketones is 1. The molecule has 1 saturated heterocycles. The van der Waals surface area contributed by atoms with Crippen molar-refractivity contribution in [1.82, 2.24) is 0 Å². The molecule has 0 saturated carbocycles. The van der Waals surface area contributed by atoms with Crippen LogP contribution in [-0.2, 0) is 9.59 Å². The van der Waals surface area contributed by atoms with Gasteiger partial charge in [-0.1, -0.05) is 19.9 Å². The molecule has 0 unspecified atom stereocenters. The van der Waals surface area contributed by atoms with E-state index < -0.39 is 23.5 Å². The number of halogens is 2. The summed E-state index contributed by atoms with van der Waals surface area (Å²) >= 11 is 0. The first-order valence-electron chi connectivity index (χ1n) is 6.72. The number of hydrogen-bond donors (Lipinski definition) is 0. The van der Waals surface area contributed by atoms with Gasteiger partial charge in [0.15, 0.2) is 0 Å². The molecule has 1 aliphatic rings. The van der Waals surface area contributed by atoms with Crippen LogP contribution in [0.1, 0.15) is 26.7 Å². The highest BCUT2D eigenvalue weighted by atomic mass is 19.1. The first kappa shape index (κ1) is 14.6. The number of amides is 1. The molecule has 3 nitrogen and oxygen atoms in total. The van der Waals surface area contributed by atoms with Crippen LogP contribution in [0.4, 0.5) is 14.5 Å². The van der Waals surface area contributed by atoms with Crippen molar-refractivity contribution in [2.45, 2.75) is 26.7 Å². The lowest BCUT2D eigenvalue weighted by molar-refractivity contribution is -0.135. The van der Waals surface area contributed by atoms with Crippen LogP contribution in [0.3, 0.4) is 0 Å². The SMILES string of the molecule is CC(C)C(=O)[C@H]1CCCN(c2c(F)cccc2F)C1=O.